The zero-order valence-corrected chi connectivity index (χ0v) is 14.9. The van der Waals surface area contributed by atoms with Gasteiger partial charge in [0.15, 0.2) is 0 Å². The van der Waals surface area contributed by atoms with E-state index in [1.165, 1.54) is 11.6 Å². The van der Waals surface area contributed by atoms with Gasteiger partial charge in [-0.2, -0.15) is 0 Å². The first kappa shape index (κ1) is 13.7. The third kappa shape index (κ3) is 2.67. The molecule has 1 aliphatic rings. The van der Waals surface area contributed by atoms with E-state index < -0.39 is 23.3 Å². The fraction of sp³-hybridized carbons (Fsp3) is 1.00. The van der Waals surface area contributed by atoms with Crippen LogP contribution in [0.15, 0.2) is 0 Å². The molecule has 0 nitrogen and oxygen atoms in total. The average Bonchev–Trinajstić information content (AvgIpc) is 2.00. The molecular formula is C12H30Si3. The molecule has 1 rings (SSSR count). The smallest absolute Gasteiger partial charge is 0.0445 e. The summed E-state index contributed by atoms with van der Waals surface area (Å²) in [5.41, 5.74) is 0. The minimum Gasteiger partial charge on any atom is -0.0715 e. The van der Waals surface area contributed by atoms with Crippen molar-refractivity contribution in [2.24, 2.45) is 0 Å². The van der Waals surface area contributed by atoms with Gasteiger partial charge in [0.25, 0.3) is 0 Å². The van der Waals surface area contributed by atoms with Crippen LogP contribution in [-0.2, 0) is 0 Å². The van der Waals surface area contributed by atoms with Crippen molar-refractivity contribution in [2.75, 3.05) is 0 Å². The molecule has 0 bridgehead atoms. The Kier molecular flexibility index (Phi) is 3.79. The van der Waals surface area contributed by atoms with Crippen LogP contribution in [0.3, 0.4) is 0 Å². The highest BCUT2D eigenvalue weighted by Crippen LogP contribution is 2.47. The lowest BCUT2D eigenvalue weighted by Crippen LogP contribution is -2.63. The van der Waals surface area contributed by atoms with E-state index >= 15 is 0 Å². The summed E-state index contributed by atoms with van der Waals surface area (Å²) in [6.45, 7) is 18.6. The molecule has 2 atom stereocenters. The van der Waals surface area contributed by atoms with Crippen LogP contribution < -0.4 is 0 Å². The Balaban J connectivity index is 3.02. The lowest BCUT2D eigenvalue weighted by molar-refractivity contribution is 0.685. The van der Waals surface area contributed by atoms with Gasteiger partial charge in [-0.05, 0) is 0 Å². The largest absolute Gasteiger partial charge is 0.0715 e. The van der Waals surface area contributed by atoms with Crippen LogP contribution in [0.1, 0.15) is 19.3 Å². The lowest BCUT2D eigenvalue weighted by Gasteiger charge is -2.52. The fourth-order valence-corrected chi connectivity index (χ4v) is 30.9. The summed E-state index contributed by atoms with van der Waals surface area (Å²) in [5, 5.41) is 1.21. The summed E-state index contributed by atoms with van der Waals surface area (Å²) in [6.07, 6.45) is 4.67. The van der Waals surface area contributed by atoms with E-state index in [4.69, 9.17) is 0 Å². The van der Waals surface area contributed by atoms with Crippen molar-refractivity contribution in [3.05, 3.63) is 0 Å². The highest BCUT2D eigenvalue weighted by atomic mass is 29.3. The monoisotopic (exact) mass is 258 g/mol. The maximum absolute atomic E-state index is 2.77. The van der Waals surface area contributed by atoms with Crippen molar-refractivity contribution in [1.82, 2.24) is 0 Å². The maximum atomic E-state index is 2.77. The van der Waals surface area contributed by atoms with Crippen molar-refractivity contribution < 1.29 is 0 Å². The van der Waals surface area contributed by atoms with E-state index in [0.29, 0.717) is 0 Å². The number of rotatable bonds is 2. The molecule has 0 saturated carbocycles. The van der Waals surface area contributed by atoms with Crippen LogP contribution in [0, 0.1) is 0 Å². The van der Waals surface area contributed by atoms with Gasteiger partial charge in [0.1, 0.15) is 0 Å². The normalized spacial score (nSPS) is 34.2. The molecule has 0 amide bonds. The van der Waals surface area contributed by atoms with Crippen LogP contribution in [-0.4, -0.2) is 23.3 Å². The molecule has 2 unspecified atom stereocenters. The van der Waals surface area contributed by atoms with Crippen LogP contribution in [0.2, 0.25) is 57.0 Å². The van der Waals surface area contributed by atoms with Gasteiger partial charge in [-0.15, -0.1) is 0 Å². The van der Waals surface area contributed by atoms with Crippen LogP contribution in [0.25, 0.3) is 0 Å². The van der Waals surface area contributed by atoms with E-state index in [1.54, 1.807) is 18.9 Å². The third-order valence-electron chi connectivity index (χ3n) is 4.97. The minimum atomic E-state index is -0.905. The first-order chi connectivity index (χ1) is 6.59. The Morgan fingerprint density at radius 1 is 0.933 bits per heavy atom. The first-order valence-electron chi connectivity index (χ1n) is 6.59. The summed E-state index contributed by atoms with van der Waals surface area (Å²) >= 11 is 0. The second-order valence-electron chi connectivity index (χ2n) is 7.83. The summed E-state index contributed by atoms with van der Waals surface area (Å²) < 4.78 is 0. The summed E-state index contributed by atoms with van der Waals surface area (Å²) in [6, 6.07) is 1.65. The second kappa shape index (κ2) is 4.15. The van der Waals surface area contributed by atoms with Crippen molar-refractivity contribution in [1.29, 1.82) is 0 Å². The number of hydrogen-bond donors (Lipinski definition) is 0. The summed E-state index contributed by atoms with van der Waals surface area (Å²) in [7, 11) is -2.69. The Hall–Kier alpha value is 0.651. The molecule has 1 fully saturated rings. The van der Waals surface area contributed by atoms with Gasteiger partial charge in [-0.3, -0.25) is 0 Å². The molecule has 0 radical (unpaired) electrons. The molecule has 15 heavy (non-hydrogen) atoms. The predicted octanol–water partition coefficient (Wildman–Crippen LogP) is 4.91. The van der Waals surface area contributed by atoms with Gasteiger partial charge in [0.2, 0.25) is 0 Å². The first-order valence-corrected chi connectivity index (χ1v) is 17.5. The molecule has 0 spiro atoms. The lowest BCUT2D eigenvalue weighted by atomic mass is 10.3. The third-order valence-corrected chi connectivity index (χ3v) is 31.4. The molecule has 3 heteroatoms. The van der Waals surface area contributed by atoms with E-state index in [9.17, 15) is 0 Å². The van der Waals surface area contributed by atoms with Crippen LogP contribution in [0.5, 0.6) is 0 Å². The van der Waals surface area contributed by atoms with E-state index in [1.807, 2.05) is 0 Å². The van der Waals surface area contributed by atoms with Crippen LogP contribution >= 0.6 is 0 Å². The van der Waals surface area contributed by atoms with Gasteiger partial charge in [-0.25, -0.2) is 0 Å². The van der Waals surface area contributed by atoms with Crippen LogP contribution in [0.4, 0.5) is 0 Å². The van der Waals surface area contributed by atoms with Crippen molar-refractivity contribution >= 4 is 23.3 Å². The predicted molar refractivity (Wildman–Crippen MR) is 80.7 cm³/mol. The van der Waals surface area contributed by atoms with Gasteiger partial charge < -0.3 is 0 Å². The molecule has 0 N–H and O–H groups in total. The maximum Gasteiger partial charge on any atom is 0.0445 e. The molecular weight excluding hydrogens is 228 g/mol. The zero-order chi connectivity index (χ0) is 11.9. The van der Waals surface area contributed by atoms with Crippen molar-refractivity contribution in [2.45, 2.75) is 76.3 Å². The second-order valence-corrected chi connectivity index (χ2v) is 30.3. The molecule has 0 aromatic rings. The van der Waals surface area contributed by atoms with Gasteiger partial charge >= 0.3 is 0 Å². The van der Waals surface area contributed by atoms with Crippen molar-refractivity contribution in [3.8, 4) is 0 Å². The van der Waals surface area contributed by atoms with E-state index in [-0.39, 0.29) is 0 Å². The molecule has 1 saturated heterocycles. The molecule has 0 aliphatic carbocycles. The SMILES string of the molecule is C[Si](C)(C)C1CCCC[Si]1(C)[Si](C)(C)C. The highest BCUT2D eigenvalue weighted by Gasteiger charge is 2.51. The fourth-order valence-electron chi connectivity index (χ4n) is 3.62. The summed E-state index contributed by atoms with van der Waals surface area (Å²) in [4.78, 5) is 0. The van der Waals surface area contributed by atoms with Gasteiger partial charge in [-0.1, -0.05) is 76.3 Å². The van der Waals surface area contributed by atoms with E-state index in [0.717, 1.165) is 0 Å². The average molecular weight is 259 g/mol. The molecule has 0 aromatic carbocycles. The number of hydrogen-bond acceptors (Lipinski definition) is 0. The minimum absolute atomic E-state index is 0.880. The topological polar surface area (TPSA) is 0 Å². The Morgan fingerprint density at radius 3 is 1.80 bits per heavy atom. The Bertz CT molecular complexity index is 224. The van der Waals surface area contributed by atoms with E-state index in [2.05, 4.69) is 45.8 Å². The molecule has 1 heterocycles. The van der Waals surface area contributed by atoms with Gasteiger partial charge in [0.05, 0.1) is 0 Å². The Morgan fingerprint density at radius 2 is 1.47 bits per heavy atom. The van der Waals surface area contributed by atoms with Crippen molar-refractivity contribution in [3.63, 3.8) is 0 Å². The van der Waals surface area contributed by atoms with Gasteiger partial charge in [0, 0.05) is 23.3 Å². The molecule has 90 valence electrons. The molecule has 1 aliphatic heterocycles. The molecule has 0 aromatic heterocycles. The standard InChI is InChI=1S/C12H30Si3/c1-13(2,3)12-10-8-9-11-15(12,7)14(4,5)6/h12H,8-11H2,1-7H3. The Labute approximate surface area is 99.7 Å². The summed E-state index contributed by atoms with van der Waals surface area (Å²) in [5.74, 6) is 0. The zero-order valence-electron chi connectivity index (χ0n) is 11.9. The quantitative estimate of drug-likeness (QED) is 0.617. The highest BCUT2D eigenvalue weighted by molar-refractivity contribution is 7.43.